The van der Waals surface area contributed by atoms with Crippen LogP contribution in [0.15, 0.2) is 35.1 Å². The lowest BCUT2D eigenvalue weighted by molar-refractivity contribution is -0.140. The van der Waals surface area contributed by atoms with Crippen molar-refractivity contribution in [3.63, 3.8) is 0 Å². The zero-order chi connectivity index (χ0) is 23.3. The molecule has 12 nitrogen and oxygen atoms in total. The molecule has 2 aromatic heterocycles. The van der Waals surface area contributed by atoms with E-state index in [-0.39, 0.29) is 29.9 Å². The molecule has 0 aliphatic carbocycles. The standard InChI is InChI=1S/C20H22N6O6/c21-20-25-16-13(18(30)26-20)9-12(23-16)7-8-22-11-3-1-10(2-4-11)17(29)24-14(19(31)32)5-6-15(27)28/h1-4,9,14,22H,5-8H2,(H,24,29)(H,27,28)(H,31,32)(H4,21,23,25,26,30)/t14-/m0/s1. The SMILES string of the molecule is Nc1nc2[nH]c(CCNc3ccc(C(=O)N[C@@H](CCC(=O)O)C(=O)O)cc3)cc2c(=O)[nH]1. The monoisotopic (exact) mass is 442 g/mol. The van der Waals surface area contributed by atoms with Gasteiger partial charge in [-0.1, -0.05) is 0 Å². The van der Waals surface area contributed by atoms with Crippen molar-refractivity contribution in [2.24, 2.45) is 0 Å². The minimum atomic E-state index is -1.30. The number of carboxylic acid groups (broad SMARTS) is 2. The molecule has 168 valence electrons. The summed E-state index contributed by atoms with van der Waals surface area (Å²) in [5, 5.41) is 23.8. The molecule has 1 aromatic carbocycles. The number of carbonyl (C=O) groups excluding carboxylic acids is 1. The van der Waals surface area contributed by atoms with E-state index >= 15 is 0 Å². The highest BCUT2D eigenvalue weighted by Gasteiger charge is 2.21. The molecule has 8 N–H and O–H groups in total. The fraction of sp³-hybridized carbons (Fsp3) is 0.250. The van der Waals surface area contributed by atoms with E-state index in [0.29, 0.717) is 24.0 Å². The van der Waals surface area contributed by atoms with E-state index in [1.54, 1.807) is 18.2 Å². The first-order valence-corrected chi connectivity index (χ1v) is 9.69. The first-order valence-electron chi connectivity index (χ1n) is 9.69. The summed E-state index contributed by atoms with van der Waals surface area (Å²) in [4.78, 5) is 55.5. The number of aliphatic carboxylic acids is 2. The normalized spacial score (nSPS) is 11.8. The van der Waals surface area contributed by atoms with Crippen LogP contribution in [0.2, 0.25) is 0 Å². The van der Waals surface area contributed by atoms with Gasteiger partial charge < -0.3 is 31.6 Å². The van der Waals surface area contributed by atoms with Crippen LogP contribution in [-0.4, -0.2) is 55.6 Å². The van der Waals surface area contributed by atoms with Gasteiger partial charge >= 0.3 is 11.9 Å². The van der Waals surface area contributed by atoms with Crippen LogP contribution < -0.4 is 21.9 Å². The topological polar surface area (TPSA) is 203 Å². The minimum absolute atomic E-state index is 0.0368. The lowest BCUT2D eigenvalue weighted by Crippen LogP contribution is -2.41. The van der Waals surface area contributed by atoms with Gasteiger partial charge in [0, 0.05) is 36.3 Å². The van der Waals surface area contributed by atoms with Gasteiger partial charge in [0.25, 0.3) is 11.5 Å². The number of benzene rings is 1. The lowest BCUT2D eigenvalue weighted by atomic mass is 10.1. The van der Waals surface area contributed by atoms with Gasteiger partial charge in [0.15, 0.2) is 0 Å². The number of nitrogens with two attached hydrogens (primary N) is 1. The van der Waals surface area contributed by atoms with Crippen molar-refractivity contribution >= 4 is 40.5 Å². The van der Waals surface area contributed by atoms with Crippen molar-refractivity contribution in [2.45, 2.75) is 25.3 Å². The number of aromatic nitrogens is 3. The summed E-state index contributed by atoms with van der Waals surface area (Å²) in [6.45, 7) is 0.530. The zero-order valence-corrected chi connectivity index (χ0v) is 16.8. The number of rotatable bonds is 10. The van der Waals surface area contributed by atoms with Crippen LogP contribution in [0.5, 0.6) is 0 Å². The van der Waals surface area contributed by atoms with E-state index in [9.17, 15) is 19.2 Å². The number of nitrogen functional groups attached to an aromatic ring is 1. The van der Waals surface area contributed by atoms with Crippen molar-refractivity contribution in [2.75, 3.05) is 17.6 Å². The van der Waals surface area contributed by atoms with E-state index in [1.165, 1.54) is 12.1 Å². The molecule has 3 rings (SSSR count). The molecule has 0 bridgehead atoms. The molecule has 1 atom stereocenters. The van der Waals surface area contributed by atoms with Gasteiger partial charge in [-0.25, -0.2) is 4.79 Å². The molecule has 0 saturated carbocycles. The molecule has 1 amide bonds. The van der Waals surface area contributed by atoms with Gasteiger partial charge in [-0.2, -0.15) is 4.98 Å². The van der Waals surface area contributed by atoms with E-state index in [2.05, 4.69) is 25.6 Å². The molecule has 12 heteroatoms. The second-order valence-electron chi connectivity index (χ2n) is 7.06. The average molecular weight is 442 g/mol. The number of hydrogen-bond acceptors (Lipinski definition) is 7. The number of fused-ring (bicyclic) bond motifs is 1. The van der Waals surface area contributed by atoms with E-state index in [0.717, 1.165) is 11.4 Å². The molecule has 0 saturated heterocycles. The Balaban J connectivity index is 1.54. The molecule has 3 aromatic rings. The van der Waals surface area contributed by atoms with Crippen LogP contribution in [0.4, 0.5) is 11.6 Å². The fourth-order valence-electron chi connectivity index (χ4n) is 3.07. The van der Waals surface area contributed by atoms with Gasteiger partial charge in [-0.15, -0.1) is 0 Å². The van der Waals surface area contributed by atoms with Crippen LogP contribution in [0.25, 0.3) is 11.0 Å². The predicted octanol–water partition coefficient (Wildman–Crippen LogP) is 0.536. The molecule has 2 heterocycles. The maximum absolute atomic E-state index is 12.3. The van der Waals surface area contributed by atoms with Crippen molar-refractivity contribution in [1.29, 1.82) is 0 Å². The van der Waals surface area contributed by atoms with Crippen molar-refractivity contribution < 1.29 is 24.6 Å². The molecule has 0 radical (unpaired) electrons. The summed E-state index contributed by atoms with van der Waals surface area (Å²) in [6, 6.07) is 6.82. The number of anilines is 2. The Labute approximate surface area is 180 Å². The average Bonchev–Trinajstić information content (AvgIpc) is 3.14. The van der Waals surface area contributed by atoms with E-state index < -0.39 is 23.9 Å². The fourth-order valence-corrected chi connectivity index (χ4v) is 3.07. The Hall–Kier alpha value is -4.35. The molecular weight excluding hydrogens is 420 g/mol. The number of aromatic amines is 2. The lowest BCUT2D eigenvalue weighted by Gasteiger charge is -2.14. The quantitative estimate of drug-likeness (QED) is 0.234. The number of nitrogens with zero attached hydrogens (tertiary/aromatic N) is 1. The first kappa shape index (κ1) is 22.3. The minimum Gasteiger partial charge on any atom is -0.481 e. The Morgan fingerprint density at radius 1 is 1.12 bits per heavy atom. The molecule has 0 spiro atoms. The second-order valence-corrected chi connectivity index (χ2v) is 7.06. The Morgan fingerprint density at radius 2 is 1.84 bits per heavy atom. The largest absolute Gasteiger partial charge is 0.481 e. The van der Waals surface area contributed by atoms with Crippen molar-refractivity contribution in [3.05, 3.63) is 51.9 Å². The third-order valence-corrected chi connectivity index (χ3v) is 4.69. The summed E-state index contributed by atoms with van der Waals surface area (Å²) in [7, 11) is 0. The van der Waals surface area contributed by atoms with Crippen LogP contribution in [-0.2, 0) is 16.0 Å². The van der Waals surface area contributed by atoms with Crippen LogP contribution >= 0.6 is 0 Å². The summed E-state index contributed by atoms with van der Waals surface area (Å²) in [6.07, 6.45) is -0.00605. The highest BCUT2D eigenvalue weighted by Crippen LogP contribution is 2.13. The van der Waals surface area contributed by atoms with Gasteiger partial charge in [0.1, 0.15) is 11.7 Å². The molecular formula is C20H22N6O6. The molecule has 0 aliphatic rings. The van der Waals surface area contributed by atoms with Gasteiger partial charge in [0.05, 0.1) is 5.39 Å². The highest BCUT2D eigenvalue weighted by molar-refractivity contribution is 5.96. The maximum atomic E-state index is 12.3. The second kappa shape index (κ2) is 9.64. The highest BCUT2D eigenvalue weighted by atomic mass is 16.4. The van der Waals surface area contributed by atoms with Crippen LogP contribution in [0.1, 0.15) is 28.9 Å². The number of hydrogen-bond donors (Lipinski definition) is 7. The summed E-state index contributed by atoms with van der Waals surface area (Å²) in [5.41, 5.74) is 7.41. The summed E-state index contributed by atoms with van der Waals surface area (Å²) >= 11 is 0. The molecule has 32 heavy (non-hydrogen) atoms. The Bertz CT molecular complexity index is 1200. The zero-order valence-electron chi connectivity index (χ0n) is 16.8. The smallest absolute Gasteiger partial charge is 0.326 e. The van der Waals surface area contributed by atoms with Gasteiger partial charge in [0.2, 0.25) is 5.95 Å². The molecule has 0 unspecified atom stereocenters. The third kappa shape index (κ3) is 5.62. The van der Waals surface area contributed by atoms with Crippen LogP contribution in [0, 0.1) is 0 Å². The van der Waals surface area contributed by atoms with E-state index in [4.69, 9.17) is 15.9 Å². The van der Waals surface area contributed by atoms with Crippen molar-refractivity contribution in [3.8, 4) is 0 Å². The molecule has 0 aliphatic heterocycles. The van der Waals surface area contributed by atoms with Gasteiger partial charge in [-0.3, -0.25) is 19.4 Å². The number of carboxylic acids is 2. The Kier molecular flexibility index (Phi) is 6.73. The summed E-state index contributed by atoms with van der Waals surface area (Å²) < 4.78 is 0. The Morgan fingerprint density at radius 3 is 2.50 bits per heavy atom. The maximum Gasteiger partial charge on any atom is 0.326 e. The molecule has 0 fully saturated rings. The van der Waals surface area contributed by atoms with E-state index in [1.807, 2.05) is 0 Å². The predicted molar refractivity (Wildman–Crippen MR) is 116 cm³/mol. The van der Waals surface area contributed by atoms with Crippen molar-refractivity contribution in [1.82, 2.24) is 20.3 Å². The first-order chi connectivity index (χ1) is 15.2. The van der Waals surface area contributed by atoms with Gasteiger partial charge in [-0.05, 0) is 36.8 Å². The number of nitrogens with one attached hydrogen (secondary N) is 4. The summed E-state index contributed by atoms with van der Waals surface area (Å²) in [5.74, 6) is -3.01. The number of amides is 1. The van der Waals surface area contributed by atoms with Crippen LogP contribution in [0.3, 0.4) is 0 Å². The third-order valence-electron chi connectivity index (χ3n) is 4.69. The number of carbonyl (C=O) groups is 3. The number of H-pyrrole nitrogens is 2.